The van der Waals surface area contributed by atoms with Crippen LogP contribution in [-0.2, 0) is 0 Å². The highest BCUT2D eigenvalue weighted by Crippen LogP contribution is 2.24. The molecular formula is C27H28N4. The highest BCUT2D eigenvalue weighted by molar-refractivity contribution is 5.69. The molecular weight excluding hydrogens is 380 g/mol. The summed E-state index contributed by atoms with van der Waals surface area (Å²) >= 11 is 0. The summed E-state index contributed by atoms with van der Waals surface area (Å²) in [6.45, 7) is 2.09. The van der Waals surface area contributed by atoms with Gasteiger partial charge >= 0.3 is 0 Å². The minimum Gasteiger partial charge on any atom is -0.378 e. The first kappa shape index (κ1) is 20.4. The molecule has 0 aliphatic carbocycles. The van der Waals surface area contributed by atoms with E-state index in [2.05, 4.69) is 125 Å². The Bertz CT molecular complexity index is 1100. The second-order valence-electron chi connectivity index (χ2n) is 7.84. The molecule has 4 nitrogen and oxygen atoms in total. The van der Waals surface area contributed by atoms with Crippen LogP contribution in [0.15, 0.2) is 97.1 Å². The number of benzene rings is 4. The lowest BCUT2D eigenvalue weighted by molar-refractivity contribution is 1.13. The lowest BCUT2D eigenvalue weighted by Crippen LogP contribution is -2.08. The molecule has 0 amide bonds. The third-order valence-electron chi connectivity index (χ3n) is 5.07. The summed E-state index contributed by atoms with van der Waals surface area (Å²) < 4.78 is 0. The van der Waals surface area contributed by atoms with Crippen molar-refractivity contribution in [3.63, 3.8) is 0 Å². The fourth-order valence-corrected chi connectivity index (χ4v) is 3.25. The van der Waals surface area contributed by atoms with Crippen molar-refractivity contribution >= 4 is 39.8 Å². The van der Waals surface area contributed by atoms with E-state index in [-0.39, 0.29) is 0 Å². The lowest BCUT2D eigenvalue weighted by atomic mass is 10.2. The van der Waals surface area contributed by atoms with Gasteiger partial charge in [0, 0.05) is 53.9 Å². The van der Waals surface area contributed by atoms with Gasteiger partial charge in [-0.2, -0.15) is 0 Å². The average molecular weight is 409 g/mol. The quantitative estimate of drug-likeness (QED) is 0.300. The molecule has 4 aromatic carbocycles. The molecule has 0 radical (unpaired) electrons. The van der Waals surface area contributed by atoms with Gasteiger partial charge in [0.15, 0.2) is 0 Å². The Labute approximate surface area is 184 Å². The van der Waals surface area contributed by atoms with Gasteiger partial charge in [0.25, 0.3) is 0 Å². The molecule has 0 heterocycles. The average Bonchev–Trinajstić information content (AvgIpc) is 2.78. The maximum atomic E-state index is 3.45. The van der Waals surface area contributed by atoms with Crippen molar-refractivity contribution in [3.8, 4) is 0 Å². The van der Waals surface area contributed by atoms with Crippen LogP contribution in [-0.4, -0.2) is 14.1 Å². The van der Waals surface area contributed by atoms with Crippen molar-refractivity contribution in [2.45, 2.75) is 6.92 Å². The molecule has 4 heteroatoms. The molecule has 4 rings (SSSR count). The number of hydrogen-bond acceptors (Lipinski definition) is 4. The maximum Gasteiger partial charge on any atom is 0.0385 e. The van der Waals surface area contributed by atoms with E-state index in [0.29, 0.717) is 0 Å². The van der Waals surface area contributed by atoms with E-state index in [9.17, 15) is 0 Å². The minimum atomic E-state index is 1.05. The van der Waals surface area contributed by atoms with Crippen LogP contribution in [0.2, 0.25) is 0 Å². The summed E-state index contributed by atoms with van der Waals surface area (Å²) in [6.07, 6.45) is 0. The Morgan fingerprint density at radius 3 is 0.968 bits per heavy atom. The Kier molecular flexibility index (Phi) is 6.08. The molecule has 0 saturated carbocycles. The topological polar surface area (TPSA) is 39.3 Å². The molecule has 31 heavy (non-hydrogen) atoms. The third kappa shape index (κ3) is 5.58. The predicted octanol–water partition coefficient (Wildman–Crippen LogP) is 7.29. The highest BCUT2D eigenvalue weighted by atomic mass is 15.1. The second-order valence-corrected chi connectivity index (χ2v) is 7.84. The van der Waals surface area contributed by atoms with Crippen LogP contribution in [0.25, 0.3) is 0 Å². The van der Waals surface area contributed by atoms with Gasteiger partial charge in [0.2, 0.25) is 0 Å². The smallest absolute Gasteiger partial charge is 0.0385 e. The van der Waals surface area contributed by atoms with Gasteiger partial charge in [-0.1, -0.05) is 17.7 Å². The van der Waals surface area contributed by atoms with Crippen LogP contribution >= 0.6 is 0 Å². The van der Waals surface area contributed by atoms with Crippen molar-refractivity contribution in [2.75, 3.05) is 34.9 Å². The molecule has 0 spiro atoms. The van der Waals surface area contributed by atoms with E-state index < -0.39 is 0 Å². The summed E-state index contributed by atoms with van der Waals surface area (Å²) in [6, 6.07) is 33.4. The lowest BCUT2D eigenvalue weighted by Gasteiger charge is -2.14. The van der Waals surface area contributed by atoms with Gasteiger partial charge in [-0.25, -0.2) is 0 Å². The van der Waals surface area contributed by atoms with Crippen LogP contribution in [0.4, 0.5) is 39.8 Å². The maximum absolute atomic E-state index is 3.45. The van der Waals surface area contributed by atoms with Crippen molar-refractivity contribution in [3.05, 3.63) is 103 Å². The summed E-state index contributed by atoms with van der Waals surface area (Å²) in [5, 5.41) is 10.3. The van der Waals surface area contributed by atoms with Gasteiger partial charge in [0.05, 0.1) is 0 Å². The van der Waals surface area contributed by atoms with E-state index in [4.69, 9.17) is 0 Å². The molecule has 4 aromatic rings. The van der Waals surface area contributed by atoms with Gasteiger partial charge < -0.3 is 20.9 Å². The number of nitrogens with zero attached hydrogens (tertiary/aromatic N) is 1. The molecule has 0 saturated heterocycles. The van der Waals surface area contributed by atoms with Crippen LogP contribution in [0.1, 0.15) is 5.56 Å². The van der Waals surface area contributed by atoms with Crippen molar-refractivity contribution in [1.82, 2.24) is 0 Å². The van der Waals surface area contributed by atoms with Crippen LogP contribution < -0.4 is 20.9 Å². The first-order chi connectivity index (χ1) is 15.0. The van der Waals surface area contributed by atoms with Gasteiger partial charge in [-0.15, -0.1) is 0 Å². The molecule has 0 aliphatic heterocycles. The Morgan fingerprint density at radius 1 is 0.419 bits per heavy atom. The molecule has 0 fully saturated rings. The van der Waals surface area contributed by atoms with Crippen LogP contribution in [0, 0.1) is 6.92 Å². The Hall–Kier alpha value is -3.92. The number of aryl methyl sites for hydroxylation is 1. The SMILES string of the molecule is Cc1ccc(Nc2ccc(Nc3ccc(Nc4ccc(N(C)C)cc4)cc3)cc2)cc1. The van der Waals surface area contributed by atoms with E-state index in [1.54, 1.807) is 0 Å². The normalized spacial score (nSPS) is 10.4. The summed E-state index contributed by atoms with van der Waals surface area (Å²) in [7, 11) is 4.09. The second kappa shape index (κ2) is 9.26. The molecule has 0 bridgehead atoms. The first-order valence-electron chi connectivity index (χ1n) is 10.4. The van der Waals surface area contributed by atoms with Crippen molar-refractivity contribution < 1.29 is 0 Å². The van der Waals surface area contributed by atoms with Gasteiger partial charge in [-0.3, -0.25) is 0 Å². The zero-order chi connectivity index (χ0) is 21.6. The minimum absolute atomic E-state index is 1.05. The van der Waals surface area contributed by atoms with Crippen molar-refractivity contribution in [1.29, 1.82) is 0 Å². The van der Waals surface area contributed by atoms with Crippen LogP contribution in [0.3, 0.4) is 0 Å². The highest BCUT2D eigenvalue weighted by Gasteiger charge is 2.00. The summed E-state index contributed by atoms with van der Waals surface area (Å²) in [5.74, 6) is 0. The number of hydrogen-bond donors (Lipinski definition) is 3. The fourth-order valence-electron chi connectivity index (χ4n) is 3.25. The van der Waals surface area contributed by atoms with Crippen molar-refractivity contribution in [2.24, 2.45) is 0 Å². The van der Waals surface area contributed by atoms with Gasteiger partial charge in [-0.05, 0) is 91.9 Å². The van der Waals surface area contributed by atoms with Gasteiger partial charge in [0.1, 0.15) is 0 Å². The third-order valence-corrected chi connectivity index (χ3v) is 5.07. The predicted molar refractivity (Wildman–Crippen MR) is 135 cm³/mol. The zero-order valence-electron chi connectivity index (χ0n) is 18.2. The monoisotopic (exact) mass is 408 g/mol. The Morgan fingerprint density at radius 2 is 0.677 bits per heavy atom. The van der Waals surface area contributed by atoms with E-state index in [1.807, 2.05) is 14.1 Å². The largest absolute Gasteiger partial charge is 0.378 e. The number of rotatable bonds is 7. The number of nitrogens with one attached hydrogen (secondary N) is 3. The summed E-state index contributed by atoms with van der Waals surface area (Å²) in [4.78, 5) is 2.09. The molecule has 0 atom stereocenters. The van der Waals surface area contributed by atoms with Crippen LogP contribution in [0.5, 0.6) is 0 Å². The molecule has 0 unspecified atom stereocenters. The standard InChI is InChI=1S/C27H28N4/c1-20-4-6-21(7-5-20)28-22-8-10-23(11-9-22)29-24-12-14-25(15-13-24)30-26-16-18-27(19-17-26)31(2)3/h4-19,28-30H,1-3H3. The van der Waals surface area contributed by atoms with E-state index in [1.165, 1.54) is 11.3 Å². The Balaban J connectivity index is 1.34. The fraction of sp³-hybridized carbons (Fsp3) is 0.111. The van der Waals surface area contributed by atoms with E-state index in [0.717, 1.165) is 34.1 Å². The molecule has 3 N–H and O–H groups in total. The van der Waals surface area contributed by atoms with E-state index >= 15 is 0 Å². The molecule has 0 aromatic heterocycles. The number of anilines is 7. The molecule has 0 aliphatic rings. The summed E-state index contributed by atoms with van der Waals surface area (Å²) in [5.41, 5.74) is 8.82. The first-order valence-corrected chi connectivity index (χ1v) is 10.4. The molecule has 156 valence electrons. The zero-order valence-corrected chi connectivity index (χ0v) is 18.2.